The molecule has 22 heavy (non-hydrogen) atoms. The maximum absolute atomic E-state index is 10.6. The third kappa shape index (κ3) is 15.9. The lowest BCUT2D eigenvalue weighted by Gasteiger charge is -2.16. The van der Waals surface area contributed by atoms with Crippen LogP contribution in [0, 0.1) is 5.92 Å². The zero-order chi connectivity index (χ0) is 16.5. The van der Waals surface area contributed by atoms with E-state index in [0.717, 1.165) is 12.3 Å². The highest BCUT2D eigenvalue weighted by Gasteiger charge is 2.07. The summed E-state index contributed by atoms with van der Waals surface area (Å²) in [6, 6.07) is 0. The van der Waals surface area contributed by atoms with Gasteiger partial charge in [0, 0.05) is 6.42 Å². The SMILES string of the molecule is CCCCC(CCCC)CCCCCCCCCCC(N)=O. The molecule has 0 saturated carbocycles. The molecule has 0 spiro atoms. The van der Waals surface area contributed by atoms with Crippen molar-refractivity contribution in [3.63, 3.8) is 0 Å². The molecule has 0 aromatic carbocycles. The van der Waals surface area contributed by atoms with Crippen LogP contribution in [0.5, 0.6) is 0 Å². The molecule has 1 amide bonds. The maximum Gasteiger partial charge on any atom is 0.217 e. The van der Waals surface area contributed by atoms with Gasteiger partial charge in [-0.3, -0.25) is 4.79 Å². The van der Waals surface area contributed by atoms with Crippen molar-refractivity contribution in [1.29, 1.82) is 0 Å². The summed E-state index contributed by atoms with van der Waals surface area (Å²) in [4.78, 5) is 10.6. The Morgan fingerprint density at radius 3 is 1.55 bits per heavy atom. The van der Waals surface area contributed by atoms with Crippen molar-refractivity contribution < 1.29 is 4.79 Å². The lowest BCUT2D eigenvalue weighted by molar-refractivity contribution is -0.118. The number of amides is 1. The van der Waals surface area contributed by atoms with Gasteiger partial charge in [0.05, 0.1) is 0 Å². The Morgan fingerprint density at radius 1 is 0.682 bits per heavy atom. The molecule has 2 nitrogen and oxygen atoms in total. The number of carbonyl (C=O) groups is 1. The van der Waals surface area contributed by atoms with Crippen LogP contribution in [0.4, 0.5) is 0 Å². The average molecular weight is 312 g/mol. The lowest BCUT2D eigenvalue weighted by Crippen LogP contribution is -2.09. The number of carbonyl (C=O) groups excluding carboxylic acids is 1. The molecule has 0 unspecified atom stereocenters. The van der Waals surface area contributed by atoms with Gasteiger partial charge >= 0.3 is 0 Å². The van der Waals surface area contributed by atoms with Gasteiger partial charge in [-0.25, -0.2) is 0 Å². The molecule has 0 fully saturated rings. The predicted molar refractivity (Wildman–Crippen MR) is 97.9 cm³/mol. The molecule has 0 radical (unpaired) electrons. The third-order valence-corrected chi connectivity index (χ3v) is 4.72. The van der Waals surface area contributed by atoms with Crippen molar-refractivity contribution in [3.8, 4) is 0 Å². The van der Waals surface area contributed by atoms with Crippen molar-refractivity contribution in [2.75, 3.05) is 0 Å². The number of rotatable bonds is 17. The summed E-state index contributed by atoms with van der Waals surface area (Å²) in [5.41, 5.74) is 5.13. The second-order valence-electron chi connectivity index (χ2n) is 6.98. The highest BCUT2D eigenvalue weighted by molar-refractivity contribution is 5.73. The monoisotopic (exact) mass is 311 g/mol. The highest BCUT2D eigenvalue weighted by Crippen LogP contribution is 2.23. The van der Waals surface area contributed by atoms with E-state index in [1.807, 2.05) is 0 Å². The number of primary amides is 1. The number of unbranched alkanes of at least 4 members (excludes halogenated alkanes) is 9. The van der Waals surface area contributed by atoms with E-state index >= 15 is 0 Å². The van der Waals surface area contributed by atoms with E-state index in [1.165, 1.54) is 89.9 Å². The summed E-state index contributed by atoms with van der Waals surface area (Å²) in [7, 11) is 0. The van der Waals surface area contributed by atoms with Crippen LogP contribution in [0.3, 0.4) is 0 Å². The fourth-order valence-electron chi connectivity index (χ4n) is 3.21. The minimum absolute atomic E-state index is 0.152. The van der Waals surface area contributed by atoms with Crippen molar-refractivity contribution in [3.05, 3.63) is 0 Å². The predicted octanol–water partition coefficient (Wildman–Crippen LogP) is 6.37. The quantitative estimate of drug-likeness (QED) is 0.312. The topological polar surface area (TPSA) is 43.1 Å². The van der Waals surface area contributed by atoms with Crippen LogP contribution >= 0.6 is 0 Å². The Morgan fingerprint density at radius 2 is 1.09 bits per heavy atom. The molecule has 0 aliphatic carbocycles. The first-order chi connectivity index (χ1) is 10.7. The number of nitrogens with two attached hydrogens (primary N) is 1. The third-order valence-electron chi connectivity index (χ3n) is 4.72. The molecule has 2 N–H and O–H groups in total. The van der Waals surface area contributed by atoms with Gasteiger partial charge in [0.15, 0.2) is 0 Å². The van der Waals surface area contributed by atoms with Crippen LogP contribution in [-0.4, -0.2) is 5.91 Å². The molecule has 0 atom stereocenters. The Labute approximate surface area is 139 Å². The van der Waals surface area contributed by atoms with E-state index in [-0.39, 0.29) is 5.91 Å². The van der Waals surface area contributed by atoms with Gasteiger partial charge in [0.1, 0.15) is 0 Å². The maximum atomic E-state index is 10.6. The molecule has 0 aliphatic rings. The number of hydrogen-bond acceptors (Lipinski definition) is 1. The van der Waals surface area contributed by atoms with Crippen LogP contribution in [0.25, 0.3) is 0 Å². The first-order valence-corrected chi connectivity index (χ1v) is 9.99. The molecular weight excluding hydrogens is 270 g/mol. The second kappa shape index (κ2) is 16.8. The Hall–Kier alpha value is -0.530. The molecule has 0 saturated heterocycles. The van der Waals surface area contributed by atoms with Gasteiger partial charge in [-0.05, 0) is 12.3 Å². The van der Waals surface area contributed by atoms with Crippen molar-refractivity contribution in [1.82, 2.24) is 0 Å². The number of hydrogen-bond donors (Lipinski definition) is 1. The second-order valence-corrected chi connectivity index (χ2v) is 6.98. The summed E-state index contributed by atoms with van der Waals surface area (Å²) in [6.07, 6.45) is 20.8. The fraction of sp³-hybridized carbons (Fsp3) is 0.950. The van der Waals surface area contributed by atoms with Crippen LogP contribution < -0.4 is 5.73 Å². The Bertz CT molecular complexity index is 232. The van der Waals surface area contributed by atoms with Crippen LogP contribution in [0.1, 0.15) is 117 Å². The van der Waals surface area contributed by atoms with Crippen molar-refractivity contribution in [2.45, 2.75) is 117 Å². The van der Waals surface area contributed by atoms with E-state index < -0.39 is 0 Å². The first-order valence-electron chi connectivity index (χ1n) is 9.99. The summed E-state index contributed by atoms with van der Waals surface area (Å²) >= 11 is 0. The van der Waals surface area contributed by atoms with Gasteiger partial charge < -0.3 is 5.73 Å². The summed E-state index contributed by atoms with van der Waals surface area (Å²) in [6.45, 7) is 4.61. The Balaban J connectivity index is 3.38. The largest absolute Gasteiger partial charge is 0.370 e. The van der Waals surface area contributed by atoms with Crippen LogP contribution in [0.2, 0.25) is 0 Å². The van der Waals surface area contributed by atoms with E-state index in [1.54, 1.807) is 0 Å². The molecule has 0 aliphatic heterocycles. The van der Waals surface area contributed by atoms with E-state index in [4.69, 9.17) is 5.73 Å². The summed E-state index contributed by atoms with van der Waals surface area (Å²) in [5.74, 6) is 0.842. The molecule has 0 rings (SSSR count). The normalized spacial score (nSPS) is 11.2. The average Bonchev–Trinajstić information content (AvgIpc) is 2.50. The van der Waals surface area contributed by atoms with Crippen LogP contribution in [-0.2, 0) is 4.79 Å². The first kappa shape index (κ1) is 21.5. The molecular formula is C20H41NO. The van der Waals surface area contributed by atoms with Crippen LogP contribution in [0.15, 0.2) is 0 Å². The van der Waals surface area contributed by atoms with Gasteiger partial charge in [-0.2, -0.15) is 0 Å². The summed E-state index contributed by atoms with van der Waals surface area (Å²) in [5, 5.41) is 0. The van der Waals surface area contributed by atoms with Crippen molar-refractivity contribution >= 4 is 5.91 Å². The smallest absolute Gasteiger partial charge is 0.217 e. The zero-order valence-electron chi connectivity index (χ0n) is 15.4. The van der Waals surface area contributed by atoms with E-state index in [0.29, 0.717) is 6.42 Å². The molecule has 0 heterocycles. The molecule has 0 bridgehead atoms. The van der Waals surface area contributed by atoms with Gasteiger partial charge in [-0.15, -0.1) is 0 Å². The molecule has 0 aromatic rings. The van der Waals surface area contributed by atoms with E-state index in [9.17, 15) is 4.79 Å². The molecule has 132 valence electrons. The fourth-order valence-corrected chi connectivity index (χ4v) is 3.21. The van der Waals surface area contributed by atoms with E-state index in [2.05, 4.69) is 13.8 Å². The van der Waals surface area contributed by atoms with Gasteiger partial charge in [0.25, 0.3) is 0 Å². The minimum atomic E-state index is -0.152. The van der Waals surface area contributed by atoms with Crippen molar-refractivity contribution in [2.24, 2.45) is 11.7 Å². The standard InChI is InChI=1S/C20H41NO/c1-3-5-15-19(16-6-4-2)17-13-11-9-7-8-10-12-14-18-20(21)22/h19H,3-18H2,1-2H3,(H2,21,22). The lowest BCUT2D eigenvalue weighted by atomic mass is 9.90. The molecule has 0 aromatic heterocycles. The zero-order valence-corrected chi connectivity index (χ0v) is 15.4. The highest BCUT2D eigenvalue weighted by atomic mass is 16.1. The molecule has 2 heteroatoms. The minimum Gasteiger partial charge on any atom is -0.370 e. The van der Waals surface area contributed by atoms with Gasteiger partial charge in [0.2, 0.25) is 5.91 Å². The summed E-state index contributed by atoms with van der Waals surface area (Å²) < 4.78 is 0. The van der Waals surface area contributed by atoms with Gasteiger partial charge in [-0.1, -0.05) is 104 Å². The Kier molecular flexibility index (Phi) is 16.4.